The van der Waals surface area contributed by atoms with E-state index < -0.39 is 15.9 Å². The molecule has 34 heavy (non-hydrogen) atoms. The first-order valence-corrected chi connectivity index (χ1v) is 13.2. The first kappa shape index (κ1) is 24.0. The average molecular weight is 482 g/mol. The molecule has 2 N–H and O–H groups in total. The molecule has 2 aromatic carbocycles. The zero-order chi connectivity index (χ0) is 24.7. The summed E-state index contributed by atoms with van der Waals surface area (Å²) in [7, 11) is -3.18. The number of hydrogen-bond acceptors (Lipinski definition) is 5. The lowest BCUT2D eigenvalue weighted by atomic mass is 9.86. The van der Waals surface area contributed by atoms with E-state index in [2.05, 4.69) is 43.1 Å². The third-order valence-electron chi connectivity index (χ3n) is 6.40. The predicted octanol–water partition coefficient (Wildman–Crippen LogP) is 4.22. The number of sulfone groups is 1. The van der Waals surface area contributed by atoms with Crippen LogP contribution in [0.3, 0.4) is 0 Å². The fourth-order valence-corrected chi connectivity index (χ4v) is 6.02. The second-order valence-electron chi connectivity index (χ2n) is 10.1. The van der Waals surface area contributed by atoms with Gasteiger partial charge in [0, 0.05) is 18.2 Å². The molecule has 2 heterocycles. The van der Waals surface area contributed by atoms with E-state index in [1.807, 2.05) is 18.2 Å². The van der Waals surface area contributed by atoms with Gasteiger partial charge in [-0.15, -0.1) is 0 Å². The number of phenols is 1. The minimum atomic E-state index is -3.18. The standard InChI is InChI=1S/C26H31N3O4S/c1-17-6-5-7-21(24(17)30)22-14-23(28-27-22)25(31)29(20-12-13-34(32,33)16-20)15-18-8-10-19(11-9-18)26(2,3)4/h5-11,14,20,30H,12-13,15-16H2,1-4H3,(H,27,28). The molecule has 0 spiro atoms. The number of nitrogens with zero attached hydrogens (tertiary/aromatic N) is 2. The van der Waals surface area contributed by atoms with Crippen LogP contribution in [0.5, 0.6) is 5.75 Å². The number of hydrogen-bond donors (Lipinski definition) is 2. The molecule has 1 amide bonds. The minimum Gasteiger partial charge on any atom is -0.507 e. The minimum absolute atomic E-state index is 0.0151. The van der Waals surface area contributed by atoms with Crippen molar-refractivity contribution in [2.75, 3.05) is 11.5 Å². The van der Waals surface area contributed by atoms with Crippen LogP contribution in [-0.2, 0) is 21.8 Å². The first-order valence-electron chi connectivity index (χ1n) is 11.4. The Kier molecular flexibility index (Phi) is 6.29. The van der Waals surface area contributed by atoms with Gasteiger partial charge in [-0.3, -0.25) is 9.89 Å². The van der Waals surface area contributed by atoms with Crippen LogP contribution in [0.1, 0.15) is 54.4 Å². The van der Waals surface area contributed by atoms with Crippen molar-refractivity contribution < 1.29 is 18.3 Å². The van der Waals surface area contributed by atoms with Crippen molar-refractivity contribution in [1.82, 2.24) is 15.1 Å². The number of benzene rings is 2. The second-order valence-corrected chi connectivity index (χ2v) is 12.3. The maximum Gasteiger partial charge on any atom is 0.272 e. The number of phenolic OH excluding ortho intramolecular Hbond substituents is 1. The maximum atomic E-state index is 13.6. The highest BCUT2D eigenvalue weighted by molar-refractivity contribution is 7.91. The molecule has 4 rings (SSSR count). The van der Waals surface area contributed by atoms with Crippen molar-refractivity contribution in [3.05, 3.63) is 70.9 Å². The molecule has 1 unspecified atom stereocenters. The normalized spacial score (nSPS) is 17.6. The second kappa shape index (κ2) is 8.91. The van der Waals surface area contributed by atoms with Crippen molar-refractivity contribution in [1.29, 1.82) is 0 Å². The van der Waals surface area contributed by atoms with Gasteiger partial charge in [0.2, 0.25) is 0 Å². The number of aromatic hydroxyl groups is 1. The summed E-state index contributed by atoms with van der Waals surface area (Å²) in [6.45, 7) is 8.52. The van der Waals surface area contributed by atoms with E-state index in [0.29, 0.717) is 29.8 Å². The van der Waals surface area contributed by atoms with E-state index in [-0.39, 0.29) is 34.3 Å². The molecule has 1 atom stereocenters. The van der Waals surface area contributed by atoms with Crippen LogP contribution in [0.2, 0.25) is 0 Å². The average Bonchev–Trinajstić information content (AvgIpc) is 3.40. The molecule has 1 aromatic heterocycles. The largest absolute Gasteiger partial charge is 0.507 e. The van der Waals surface area contributed by atoms with E-state index in [4.69, 9.17) is 0 Å². The molecule has 0 aliphatic carbocycles. The van der Waals surface area contributed by atoms with Gasteiger partial charge in [0.05, 0.1) is 17.2 Å². The van der Waals surface area contributed by atoms with E-state index >= 15 is 0 Å². The predicted molar refractivity (Wildman–Crippen MR) is 132 cm³/mol. The molecule has 8 heteroatoms. The van der Waals surface area contributed by atoms with Crippen molar-refractivity contribution >= 4 is 15.7 Å². The van der Waals surface area contributed by atoms with E-state index in [9.17, 15) is 18.3 Å². The van der Waals surface area contributed by atoms with Gasteiger partial charge in [0.25, 0.3) is 5.91 Å². The summed E-state index contributed by atoms with van der Waals surface area (Å²) in [5.41, 5.74) is 4.09. The van der Waals surface area contributed by atoms with Crippen molar-refractivity contribution in [3.8, 4) is 17.0 Å². The van der Waals surface area contributed by atoms with Gasteiger partial charge in [-0.1, -0.05) is 57.2 Å². The van der Waals surface area contributed by atoms with Crippen molar-refractivity contribution in [2.24, 2.45) is 0 Å². The Hall–Kier alpha value is -3.13. The van der Waals surface area contributed by atoms with Crippen LogP contribution in [0.15, 0.2) is 48.5 Å². The Morgan fingerprint density at radius 1 is 1.18 bits per heavy atom. The van der Waals surface area contributed by atoms with Crippen molar-refractivity contribution in [2.45, 2.75) is 52.1 Å². The quantitative estimate of drug-likeness (QED) is 0.568. The summed E-state index contributed by atoms with van der Waals surface area (Å²) >= 11 is 0. The molecular weight excluding hydrogens is 450 g/mol. The molecule has 0 radical (unpaired) electrons. The third-order valence-corrected chi connectivity index (χ3v) is 8.16. The zero-order valence-electron chi connectivity index (χ0n) is 20.0. The number of carbonyl (C=O) groups is 1. The molecule has 1 saturated heterocycles. The summed E-state index contributed by atoms with van der Waals surface area (Å²) in [4.78, 5) is 15.2. The number of H-pyrrole nitrogens is 1. The lowest BCUT2D eigenvalue weighted by Crippen LogP contribution is -2.40. The number of aromatic amines is 1. The molecule has 7 nitrogen and oxygen atoms in total. The smallest absolute Gasteiger partial charge is 0.272 e. The third kappa shape index (κ3) is 5.01. The number of amides is 1. The van der Waals surface area contributed by atoms with E-state index in [1.54, 1.807) is 30.0 Å². The lowest BCUT2D eigenvalue weighted by molar-refractivity contribution is 0.0674. The van der Waals surface area contributed by atoms with Crippen LogP contribution in [0.4, 0.5) is 0 Å². The van der Waals surface area contributed by atoms with Gasteiger partial charge in [0.1, 0.15) is 11.4 Å². The fourth-order valence-electron chi connectivity index (χ4n) is 4.28. The zero-order valence-corrected chi connectivity index (χ0v) is 20.8. The first-order chi connectivity index (χ1) is 15.9. The Labute approximate surface area is 200 Å². The Balaban J connectivity index is 1.64. The molecule has 1 aliphatic heterocycles. The highest BCUT2D eigenvalue weighted by atomic mass is 32.2. The number of rotatable bonds is 5. The summed E-state index contributed by atoms with van der Waals surface area (Å²) in [6, 6.07) is 14.7. The van der Waals surface area contributed by atoms with Crippen molar-refractivity contribution in [3.63, 3.8) is 0 Å². The lowest BCUT2D eigenvalue weighted by Gasteiger charge is -2.28. The van der Waals surface area contributed by atoms with E-state index in [0.717, 1.165) is 5.56 Å². The number of carbonyl (C=O) groups excluding carboxylic acids is 1. The summed E-state index contributed by atoms with van der Waals surface area (Å²) in [5.74, 6) is -0.160. The van der Waals surface area contributed by atoms with E-state index in [1.165, 1.54) is 5.56 Å². The highest BCUT2D eigenvalue weighted by Gasteiger charge is 2.35. The van der Waals surface area contributed by atoms with Crippen LogP contribution in [-0.4, -0.2) is 52.1 Å². The van der Waals surface area contributed by atoms with Gasteiger partial charge in [-0.2, -0.15) is 5.10 Å². The molecule has 1 fully saturated rings. The molecule has 180 valence electrons. The van der Waals surface area contributed by atoms with Crippen LogP contribution in [0, 0.1) is 6.92 Å². The van der Waals surface area contributed by atoms with Gasteiger partial charge in [-0.25, -0.2) is 8.42 Å². The molecule has 0 saturated carbocycles. The van der Waals surface area contributed by atoms with Gasteiger partial charge in [0.15, 0.2) is 9.84 Å². The fraction of sp³-hybridized carbons (Fsp3) is 0.385. The number of aromatic nitrogens is 2. The van der Waals surface area contributed by atoms with Crippen LogP contribution >= 0.6 is 0 Å². The number of para-hydroxylation sites is 1. The van der Waals surface area contributed by atoms with Gasteiger partial charge < -0.3 is 10.0 Å². The highest BCUT2D eigenvalue weighted by Crippen LogP contribution is 2.31. The molecular formula is C26H31N3O4S. The molecule has 0 bridgehead atoms. The van der Waals surface area contributed by atoms with Gasteiger partial charge in [-0.05, 0) is 47.6 Å². The van der Waals surface area contributed by atoms with Gasteiger partial charge >= 0.3 is 0 Å². The summed E-state index contributed by atoms with van der Waals surface area (Å²) in [6.07, 6.45) is 0.411. The number of aryl methyl sites for hydroxylation is 1. The topological polar surface area (TPSA) is 103 Å². The molecule has 1 aliphatic rings. The Morgan fingerprint density at radius 2 is 1.88 bits per heavy atom. The summed E-state index contributed by atoms with van der Waals surface area (Å²) < 4.78 is 24.4. The van der Waals surface area contributed by atoms with Crippen LogP contribution in [0.25, 0.3) is 11.3 Å². The monoisotopic (exact) mass is 481 g/mol. The Morgan fingerprint density at radius 3 is 2.50 bits per heavy atom. The number of nitrogens with one attached hydrogen (secondary N) is 1. The van der Waals surface area contributed by atoms with Crippen LogP contribution < -0.4 is 0 Å². The SMILES string of the molecule is Cc1cccc(-c2cc(C(=O)N(Cc3ccc(C(C)(C)C)cc3)C3CCS(=O)(=O)C3)[nH]n2)c1O. The maximum absolute atomic E-state index is 13.6. The Bertz CT molecular complexity index is 1300. The molecule has 3 aromatic rings. The summed E-state index contributed by atoms with van der Waals surface area (Å²) in [5, 5.41) is 17.4.